The largest absolute Gasteiger partial charge is 0.477 e. The molecule has 0 amide bonds. The molecule has 0 fully saturated rings. The van der Waals surface area contributed by atoms with Crippen molar-refractivity contribution in [3.63, 3.8) is 0 Å². The Morgan fingerprint density at radius 3 is 2.32 bits per heavy atom. The molecule has 0 aliphatic heterocycles. The maximum atomic E-state index is 12.7. The molecule has 0 aliphatic carbocycles. The number of alkyl halides is 3. The summed E-state index contributed by atoms with van der Waals surface area (Å²) in [6.45, 7) is 0. The van der Waals surface area contributed by atoms with Crippen LogP contribution in [0.5, 0.6) is 0 Å². The van der Waals surface area contributed by atoms with E-state index in [0.717, 1.165) is 24.3 Å². The fraction of sp³-hybridized carbons (Fsp3) is 0.0714. The van der Waals surface area contributed by atoms with Crippen LogP contribution in [-0.2, 0) is 6.18 Å². The standard InChI is InChI=1S/C14H8F3NO4/c15-14(16,17)9-4-1-3-8(7-9)10-5-2-6-11(13(19)20)12(10)18(21)22/h1-7H,(H,19,20). The second-order valence-corrected chi connectivity index (χ2v) is 4.34. The zero-order valence-corrected chi connectivity index (χ0v) is 10.8. The number of nitro groups is 1. The third-order valence-corrected chi connectivity index (χ3v) is 2.95. The van der Waals surface area contributed by atoms with Crippen molar-refractivity contribution >= 4 is 11.7 Å². The zero-order chi connectivity index (χ0) is 16.5. The molecule has 22 heavy (non-hydrogen) atoms. The Balaban J connectivity index is 2.71. The molecule has 5 nitrogen and oxygen atoms in total. The van der Waals surface area contributed by atoms with Gasteiger partial charge in [-0.15, -0.1) is 0 Å². The van der Waals surface area contributed by atoms with Crippen LogP contribution >= 0.6 is 0 Å². The number of benzene rings is 2. The molecular weight excluding hydrogens is 303 g/mol. The highest BCUT2D eigenvalue weighted by atomic mass is 19.4. The van der Waals surface area contributed by atoms with E-state index in [4.69, 9.17) is 5.11 Å². The lowest BCUT2D eigenvalue weighted by Gasteiger charge is -2.10. The Kier molecular flexibility index (Phi) is 3.85. The third kappa shape index (κ3) is 2.90. The van der Waals surface area contributed by atoms with Crippen LogP contribution in [0.15, 0.2) is 42.5 Å². The first-order valence-corrected chi connectivity index (χ1v) is 5.90. The number of rotatable bonds is 3. The van der Waals surface area contributed by atoms with Crippen molar-refractivity contribution in [3.8, 4) is 11.1 Å². The van der Waals surface area contributed by atoms with Gasteiger partial charge in [0.25, 0.3) is 5.69 Å². The molecule has 0 heterocycles. The van der Waals surface area contributed by atoms with Gasteiger partial charge in [0, 0.05) is 0 Å². The van der Waals surface area contributed by atoms with Crippen LogP contribution in [0.4, 0.5) is 18.9 Å². The van der Waals surface area contributed by atoms with Gasteiger partial charge in [-0.25, -0.2) is 4.79 Å². The number of nitrogens with zero attached hydrogens (tertiary/aromatic N) is 1. The average Bonchev–Trinajstić information content (AvgIpc) is 2.45. The molecule has 0 saturated heterocycles. The highest BCUT2D eigenvalue weighted by Gasteiger charge is 2.31. The van der Waals surface area contributed by atoms with E-state index in [9.17, 15) is 28.1 Å². The summed E-state index contributed by atoms with van der Waals surface area (Å²) in [5, 5.41) is 20.1. The van der Waals surface area contributed by atoms with Gasteiger partial charge in [0.05, 0.1) is 16.1 Å². The average molecular weight is 311 g/mol. The highest BCUT2D eigenvalue weighted by Crippen LogP contribution is 2.36. The van der Waals surface area contributed by atoms with Gasteiger partial charge >= 0.3 is 12.1 Å². The van der Waals surface area contributed by atoms with Crippen molar-refractivity contribution in [3.05, 3.63) is 63.7 Å². The Morgan fingerprint density at radius 2 is 1.77 bits per heavy atom. The molecule has 0 spiro atoms. The molecule has 2 aromatic carbocycles. The number of carbonyl (C=O) groups is 1. The van der Waals surface area contributed by atoms with Crippen molar-refractivity contribution < 1.29 is 28.0 Å². The van der Waals surface area contributed by atoms with Gasteiger partial charge in [-0.2, -0.15) is 13.2 Å². The van der Waals surface area contributed by atoms with Gasteiger partial charge in [0.15, 0.2) is 0 Å². The molecule has 0 saturated carbocycles. The van der Waals surface area contributed by atoms with Gasteiger partial charge in [-0.1, -0.05) is 18.2 Å². The number of halogens is 3. The molecule has 0 aliphatic rings. The van der Waals surface area contributed by atoms with Crippen molar-refractivity contribution in [1.82, 2.24) is 0 Å². The topological polar surface area (TPSA) is 80.4 Å². The van der Waals surface area contributed by atoms with Gasteiger partial charge < -0.3 is 5.11 Å². The quantitative estimate of drug-likeness (QED) is 0.686. The van der Waals surface area contributed by atoms with Crippen LogP contribution in [-0.4, -0.2) is 16.0 Å². The second kappa shape index (κ2) is 5.47. The minimum absolute atomic E-state index is 0.0791. The van der Waals surface area contributed by atoms with Crippen LogP contribution in [0.2, 0.25) is 0 Å². The third-order valence-electron chi connectivity index (χ3n) is 2.95. The van der Waals surface area contributed by atoms with Gasteiger partial charge in [0.1, 0.15) is 5.56 Å². The Labute approximate surface area is 121 Å². The summed E-state index contributed by atoms with van der Waals surface area (Å²) in [5.41, 5.74) is -2.56. The van der Waals surface area contributed by atoms with E-state index in [1.54, 1.807) is 0 Å². The fourth-order valence-electron chi connectivity index (χ4n) is 2.01. The normalized spacial score (nSPS) is 11.2. The number of nitro benzene ring substituents is 1. The second-order valence-electron chi connectivity index (χ2n) is 4.34. The molecule has 114 valence electrons. The van der Waals surface area contributed by atoms with Crippen molar-refractivity contribution in [2.45, 2.75) is 6.18 Å². The molecule has 0 aromatic heterocycles. The predicted octanol–water partition coefficient (Wildman–Crippen LogP) is 3.98. The molecule has 0 bridgehead atoms. The number of carboxylic acid groups (broad SMARTS) is 1. The number of para-hydroxylation sites is 1. The number of hydrogen-bond acceptors (Lipinski definition) is 3. The first-order chi connectivity index (χ1) is 10.2. The Morgan fingerprint density at radius 1 is 1.14 bits per heavy atom. The van der Waals surface area contributed by atoms with Gasteiger partial charge in [0.2, 0.25) is 0 Å². The minimum Gasteiger partial charge on any atom is -0.477 e. The van der Waals surface area contributed by atoms with E-state index < -0.39 is 33.9 Å². The smallest absolute Gasteiger partial charge is 0.416 e. The molecule has 1 N–H and O–H groups in total. The first-order valence-electron chi connectivity index (χ1n) is 5.90. The number of carboxylic acids is 1. The minimum atomic E-state index is -4.60. The summed E-state index contributed by atoms with van der Waals surface area (Å²) < 4.78 is 38.2. The van der Waals surface area contributed by atoms with Crippen LogP contribution in [0.1, 0.15) is 15.9 Å². The summed E-state index contributed by atoms with van der Waals surface area (Å²) in [4.78, 5) is 21.3. The van der Waals surface area contributed by atoms with Gasteiger partial charge in [-0.05, 0) is 29.8 Å². The van der Waals surface area contributed by atoms with Crippen LogP contribution in [0, 0.1) is 10.1 Å². The summed E-state index contributed by atoms with van der Waals surface area (Å²) in [7, 11) is 0. The first kappa shape index (κ1) is 15.5. The van der Waals surface area contributed by atoms with Crippen molar-refractivity contribution in [1.29, 1.82) is 0 Å². The Hall–Kier alpha value is -2.90. The Bertz CT molecular complexity index is 756. The van der Waals surface area contributed by atoms with E-state index >= 15 is 0 Å². The molecule has 0 radical (unpaired) electrons. The van der Waals surface area contributed by atoms with Crippen LogP contribution < -0.4 is 0 Å². The lowest BCUT2D eigenvalue weighted by molar-refractivity contribution is -0.384. The fourth-order valence-corrected chi connectivity index (χ4v) is 2.01. The summed E-state index contributed by atoms with van der Waals surface area (Å²) in [5.74, 6) is -1.53. The number of hydrogen-bond donors (Lipinski definition) is 1. The van der Waals surface area contributed by atoms with E-state index in [2.05, 4.69) is 0 Å². The van der Waals surface area contributed by atoms with E-state index in [0.29, 0.717) is 0 Å². The lowest BCUT2D eigenvalue weighted by atomic mass is 9.98. The summed E-state index contributed by atoms with van der Waals surface area (Å²) in [6.07, 6.45) is -4.60. The number of aromatic carboxylic acids is 1. The molecule has 0 atom stereocenters. The predicted molar refractivity (Wildman–Crippen MR) is 70.5 cm³/mol. The lowest BCUT2D eigenvalue weighted by Crippen LogP contribution is -2.06. The van der Waals surface area contributed by atoms with E-state index in [1.807, 2.05) is 0 Å². The molecule has 2 rings (SSSR count). The summed E-state index contributed by atoms with van der Waals surface area (Å²) >= 11 is 0. The maximum absolute atomic E-state index is 12.7. The molecular formula is C14H8F3NO4. The SMILES string of the molecule is O=C(O)c1cccc(-c2cccc(C(F)(F)F)c2)c1[N+](=O)[O-]. The van der Waals surface area contributed by atoms with Gasteiger partial charge in [-0.3, -0.25) is 10.1 Å². The van der Waals surface area contributed by atoms with E-state index in [-0.39, 0.29) is 11.1 Å². The molecule has 0 unspecified atom stereocenters. The highest BCUT2D eigenvalue weighted by molar-refractivity contribution is 5.96. The van der Waals surface area contributed by atoms with Crippen molar-refractivity contribution in [2.75, 3.05) is 0 Å². The van der Waals surface area contributed by atoms with Crippen LogP contribution in [0.3, 0.4) is 0 Å². The maximum Gasteiger partial charge on any atom is 0.416 e. The molecule has 2 aromatic rings. The van der Waals surface area contributed by atoms with E-state index in [1.165, 1.54) is 18.2 Å². The monoisotopic (exact) mass is 311 g/mol. The molecule has 8 heteroatoms. The van der Waals surface area contributed by atoms with Crippen LogP contribution in [0.25, 0.3) is 11.1 Å². The van der Waals surface area contributed by atoms with Crippen molar-refractivity contribution in [2.24, 2.45) is 0 Å². The summed E-state index contributed by atoms with van der Waals surface area (Å²) in [6, 6.07) is 7.41. The zero-order valence-electron chi connectivity index (χ0n) is 10.8.